The fourth-order valence-corrected chi connectivity index (χ4v) is 4.83. The van der Waals surface area contributed by atoms with Gasteiger partial charge in [-0.15, -0.1) is 0 Å². The van der Waals surface area contributed by atoms with Crippen molar-refractivity contribution in [3.8, 4) is 0 Å². The number of rotatable bonds is 1. The van der Waals surface area contributed by atoms with Crippen molar-refractivity contribution in [2.45, 2.75) is 58.3 Å². The van der Waals surface area contributed by atoms with Gasteiger partial charge in [-0.2, -0.15) is 0 Å². The van der Waals surface area contributed by atoms with Gasteiger partial charge in [-0.05, 0) is 62.0 Å². The standard InChI is InChI=1S/C18H24O2/c1-12-5-6-13-7-8-15-17(2,14(13)11-12)9-4-10-18(15,3)16(19)20/h5-6,11,15H,4,7-10H2,1-3H3,(H,19,20)/t15-,17-,18+/m1/s1. The van der Waals surface area contributed by atoms with E-state index in [1.54, 1.807) is 0 Å². The minimum atomic E-state index is -0.607. The number of hydrogen-bond donors (Lipinski definition) is 1. The van der Waals surface area contributed by atoms with E-state index in [0.29, 0.717) is 0 Å². The first-order valence-electron chi connectivity index (χ1n) is 7.71. The van der Waals surface area contributed by atoms with E-state index < -0.39 is 11.4 Å². The molecule has 3 atom stereocenters. The van der Waals surface area contributed by atoms with Crippen molar-refractivity contribution in [3.05, 3.63) is 34.9 Å². The van der Waals surface area contributed by atoms with Crippen LogP contribution in [0.15, 0.2) is 18.2 Å². The molecule has 0 heterocycles. The molecule has 3 rings (SSSR count). The van der Waals surface area contributed by atoms with E-state index in [1.165, 1.54) is 16.7 Å². The van der Waals surface area contributed by atoms with Crippen molar-refractivity contribution < 1.29 is 9.90 Å². The van der Waals surface area contributed by atoms with Gasteiger partial charge >= 0.3 is 5.97 Å². The Morgan fingerprint density at radius 3 is 2.75 bits per heavy atom. The SMILES string of the molecule is Cc1ccc2c(c1)[C@@]1(C)CCC[C@](C)(C(=O)O)[C@@H]1CC2. The minimum absolute atomic E-state index is 0.0327. The summed E-state index contributed by atoms with van der Waals surface area (Å²) in [5, 5.41) is 9.75. The van der Waals surface area contributed by atoms with Crippen LogP contribution in [-0.2, 0) is 16.6 Å². The number of aryl methyl sites for hydroxylation is 2. The molecule has 0 spiro atoms. The highest BCUT2D eigenvalue weighted by molar-refractivity contribution is 5.75. The molecule has 2 heteroatoms. The van der Waals surface area contributed by atoms with Crippen molar-refractivity contribution in [2.75, 3.05) is 0 Å². The van der Waals surface area contributed by atoms with Gasteiger partial charge in [0, 0.05) is 0 Å². The predicted octanol–water partition coefficient (Wildman–Crippen LogP) is 4.09. The molecule has 0 bridgehead atoms. The number of aliphatic carboxylic acids is 1. The van der Waals surface area contributed by atoms with Crippen molar-refractivity contribution in [1.29, 1.82) is 0 Å². The lowest BCUT2D eigenvalue weighted by atomic mass is 9.50. The minimum Gasteiger partial charge on any atom is -0.481 e. The largest absolute Gasteiger partial charge is 0.481 e. The summed E-state index contributed by atoms with van der Waals surface area (Å²) < 4.78 is 0. The van der Waals surface area contributed by atoms with Gasteiger partial charge < -0.3 is 5.11 Å². The maximum atomic E-state index is 11.9. The topological polar surface area (TPSA) is 37.3 Å². The Morgan fingerprint density at radius 2 is 2.05 bits per heavy atom. The van der Waals surface area contributed by atoms with Crippen LogP contribution >= 0.6 is 0 Å². The normalized spacial score (nSPS) is 36.0. The van der Waals surface area contributed by atoms with E-state index in [2.05, 4.69) is 32.0 Å². The number of carboxylic acids is 1. The fraction of sp³-hybridized carbons (Fsp3) is 0.611. The Labute approximate surface area is 121 Å². The van der Waals surface area contributed by atoms with Crippen LogP contribution in [0.1, 0.15) is 56.2 Å². The quantitative estimate of drug-likeness (QED) is 0.836. The summed E-state index contributed by atoms with van der Waals surface area (Å²) >= 11 is 0. The molecule has 0 saturated heterocycles. The Bertz CT molecular complexity index is 563. The molecule has 108 valence electrons. The van der Waals surface area contributed by atoms with Crippen LogP contribution in [0.25, 0.3) is 0 Å². The van der Waals surface area contributed by atoms with E-state index in [0.717, 1.165) is 32.1 Å². The molecule has 20 heavy (non-hydrogen) atoms. The molecule has 2 aliphatic rings. The Balaban J connectivity index is 2.13. The second kappa shape index (κ2) is 4.34. The van der Waals surface area contributed by atoms with Crippen LogP contribution < -0.4 is 0 Å². The molecular formula is C18H24O2. The summed E-state index contributed by atoms with van der Waals surface area (Å²) in [5.41, 5.74) is 3.61. The van der Waals surface area contributed by atoms with Gasteiger partial charge in [0.1, 0.15) is 0 Å². The number of fused-ring (bicyclic) bond motifs is 3. The van der Waals surface area contributed by atoms with Gasteiger partial charge in [-0.25, -0.2) is 0 Å². The lowest BCUT2D eigenvalue weighted by Crippen LogP contribution is -2.52. The second-order valence-electron chi connectivity index (χ2n) is 7.25. The molecule has 1 N–H and O–H groups in total. The summed E-state index contributed by atoms with van der Waals surface area (Å²) in [6.07, 6.45) is 5.00. The lowest BCUT2D eigenvalue weighted by Gasteiger charge is -2.53. The van der Waals surface area contributed by atoms with Crippen LogP contribution in [0.4, 0.5) is 0 Å². The zero-order chi connectivity index (χ0) is 14.5. The maximum Gasteiger partial charge on any atom is 0.309 e. The van der Waals surface area contributed by atoms with Crippen LogP contribution in [0.3, 0.4) is 0 Å². The van der Waals surface area contributed by atoms with E-state index in [-0.39, 0.29) is 11.3 Å². The average molecular weight is 272 g/mol. The van der Waals surface area contributed by atoms with Crippen molar-refractivity contribution >= 4 is 5.97 Å². The van der Waals surface area contributed by atoms with E-state index in [1.807, 2.05) is 6.92 Å². The van der Waals surface area contributed by atoms with Crippen LogP contribution in [0.2, 0.25) is 0 Å². The van der Waals surface area contributed by atoms with Crippen molar-refractivity contribution in [1.82, 2.24) is 0 Å². The monoisotopic (exact) mass is 272 g/mol. The average Bonchev–Trinajstić information content (AvgIpc) is 2.39. The molecule has 0 unspecified atom stereocenters. The van der Waals surface area contributed by atoms with Crippen molar-refractivity contribution in [2.24, 2.45) is 11.3 Å². The maximum absolute atomic E-state index is 11.9. The van der Waals surface area contributed by atoms with Gasteiger partial charge in [0.2, 0.25) is 0 Å². The third kappa shape index (κ3) is 1.73. The van der Waals surface area contributed by atoms with E-state index in [4.69, 9.17) is 0 Å². The molecule has 0 aromatic heterocycles. The smallest absolute Gasteiger partial charge is 0.309 e. The first kappa shape index (κ1) is 13.7. The predicted molar refractivity (Wildman–Crippen MR) is 79.9 cm³/mol. The molecule has 0 radical (unpaired) electrons. The van der Waals surface area contributed by atoms with Gasteiger partial charge in [0.25, 0.3) is 0 Å². The first-order valence-corrected chi connectivity index (χ1v) is 7.71. The summed E-state index contributed by atoms with van der Waals surface area (Å²) in [7, 11) is 0. The van der Waals surface area contributed by atoms with Gasteiger partial charge in [-0.3, -0.25) is 4.79 Å². The van der Waals surface area contributed by atoms with Gasteiger partial charge in [0.05, 0.1) is 5.41 Å². The summed E-state index contributed by atoms with van der Waals surface area (Å²) in [5.74, 6) is -0.347. The highest BCUT2D eigenvalue weighted by Gasteiger charge is 2.55. The Hall–Kier alpha value is -1.31. The van der Waals surface area contributed by atoms with Crippen molar-refractivity contribution in [3.63, 3.8) is 0 Å². The Kier molecular flexibility index (Phi) is 2.97. The zero-order valence-electron chi connectivity index (χ0n) is 12.7. The molecule has 1 fully saturated rings. The summed E-state index contributed by atoms with van der Waals surface area (Å²) in [6.45, 7) is 6.40. The number of carbonyl (C=O) groups is 1. The van der Waals surface area contributed by atoms with Gasteiger partial charge in [0.15, 0.2) is 0 Å². The number of benzene rings is 1. The highest BCUT2D eigenvalue weighted by Crippen LogP contribution is 2.57. The summed E-state index contributed by atoms with van der Waals surface area (Å²) in [6, 6.07) is 6.73. The van der Waals surface area contributed by atoms with E-state index >= 15 is 0 Å². The molecule has 1 aromatic carbocycles. The number of hydrogen-bond acceptors (Lipinski definition) is 1. The van der Waals surface area contributed by atoms with Crippen LogP contribution in [0.5, 0.6) is 0 Å². The molecular weight excluding hydrogens is 248 g/mol. The molecule has 1 saturated carbocycles. The van der Waals surface area contributed by atoms with Gasteiger partial charge in [-0.1, -0.05) is 37.1 Å². The van der Waals surface area contributed by atoms with Crippen LogP contribution in [0, 0.1) is 18.3 Å². The molecule has 1 aromatic rings. The Morgan fingerprint density at radius 1 is 1.30 bits per heavy atom. The second-order valence-corrected chi connectivity index (χ2v) is 7.25. The summed E-state index contributed by atoms with van der Waals surface area (Å²) in [4.78, 5) is 11.9. The van der Waals surface area contributed by atoms with Crippen LogP contribution in [-0.4, -0.2) is 11.1 Å². The molecule has 0 aliphatic heterocycles. The zero-order valence-corrected chi connectivity index (χ0v) is 12.7. The fourth-order valence-electron chi connectivity index (χ4n) is 4.83. The molecule has 0 amide bonds. The first-order chi connectivity index (χ1) is 9.38. The highest BCUT2D eigenvalue weighted by atomic mass is 16.4. The number of carboxylic acid groups (broad SMARTS) is 1. The van der Waals surface area contributed by atoms with E-state index in [9.17, 15) is 9.90 Å². The molecule has 2 nitrogen and oxygen atoms in total. The third-order valence-electron chi connectivity index (χ3n) is 6.00. The molecule has 2 aliphatic carbocycles. The third-order valence-corrected chi connectivity index (χ3v) is 6.00. The lowest BCUT2D eigenvalue weighted by molar-refractivity contribution is -0.157.